The zero-order valence-electron chi connectivity index (χ0n) is 12.7. The van der Waals surface area contributed by atoms with Gasteiger partial charge in [0, 0.05) is 19.0 Å². The number of aryl methyl sites for hydroxylation is 2. The third-order valence-corrected chi connectivity index (χ3v) is 5.20. The summed E-state index contributed by atoms with van der Waals surface area (Å²) in [5.74, 6) is 0.493. The van der Waals surface area contributed by atoms with Crippen LogP contribution in [-0.4, -0.2) is 14.9 Å². The van der Waals surface area contributed by atoms with E-state index in [9.17, 15) is 5.11 Å². The van der Waals surface area contributed by atoms with Gasteiger partial charge in [0.15, 0.2) is 0 Å². The molecule has 112 valence electrons. The molecule has 1 aliphatic rings. The molecular formula is C17H21ClN2O. The number of halogens is 1. The predicted molar refractivity (Wildman–Crippen MR) is 84.6 cm³/mol. The number of rotatable bonds is 2. The number of aromatic nitrogens is 2. The zero-order chi connectivity index (χ0) is 15.2. The molecule has 1 N–H and O–H groups in total. The molecule has 3 nitrogen and oxygen atoms in total. The minimum Gasteiger partial charge on any atom is -0.385 e. The van der Waals surface area contributed by atoms with Crippen LogP contribution in [0.3, 0.4) is 0 Å². The smallest absolute Gasteiger partial charge is 0.130 e. The van der Waals surface area contributed by atoms with Crippen molar-refractivity contribution in [2.24, 2.45) is 7.05 Å². The van der Waals surface area contributed by atoms with Gasteiger partial charge in [-0.15, -0.1) is 0 Å². The Morgan fingerprint density at radius 2 is 2.14 bits per heavy atom. The molecule has 0 bridgehead atoms. The highest BCUT2D eigenvalue weighted by Crippen LogP contribution is 2.43. The van der Waals surface area contributed by atoms with Gasteiger partial charge in [-0.2, -0.15) is 5.10 Å². The van der Waals surface area contributed by atoms with Crippen molar-refractivity contribution >= 4 is 11.6 Å². The molecule has 21 heavy (non-hydrogen) atoms. The Hall–Kier alpha value is -1.32. The number of fused-ring (bicyclic) bond motifs is 1. The van der Waals surface area contributed by atoms with E-state index < -0.39 is 5.60 Å². The molecule has 2 unspecified atom stereocenters. The lowest BCUT2D eigenvalue weighted by Crippen LogP contribution is -2.34. The Kier molecular flexibility index (Phi) is 3.58. The summed E-state index contributed by atoms with van der Waals surface area (Å²) >= 11 is 6.34. The fourth-order valence-corrected chi connectivity index (χ4v) is 3.69. The minimum atomic E-state index is -0.847. The average molecular weight is 305 g/mol. The van der Waals surface area contributed by atoms with Crippen molar-refractivity contribution in [3.63, 3.8) is 0 Å². The van der Waals surface area contributed by atoms with Gasteiger partial charge >= 0.3 is 0 Å². The summed E-state index contributed by atoms with van der Waals surface area (Å²) in [5.41, 5.74) is 3.30. The van der Waals surface area contributed by atoms with Crippen molar-refractivity contribution in [3.8, 4) is 0 Å². The van der Waals surface area contributed by atoms with E-state index in [1.807, 2.05) is 32.2 Å². The molecule has 0 aliphatic heterocycles. The van der Waals surface area contributed by atoms with E-state index in [4.69, 9.17) is 11.6 Å². The highest BCUT2D eigenvalue weighted by atomic mass is 35.5. The summed E-state index contributed by atoms with van der Waals surface area (Å²) in [4.78, 5) is 0. The maximum Gasteiger partial charge on any atom is 0.130 e. The van der Waals surface area contributed by atoms with Gasteiger partial charge in [-0.25, -0.2) is 0 Å². The highest BCUT2D eigenvalue weighted by molar-refractivity contribution is 6.30. The largest absolute Gasteiger partial charge is 0.385 e. The van der Waals surface area contributed by atoms with Gasteiger partial charge in [-0.3, -0.25) is 4.68 Å². The first-order valence-corrected chi connectivity index (χ1v) is 7.80. The first-order chi connectivity index (χ1) is 9.92. The molecule has 0 radical (unpaired) electrons. The number of benzene rings is 1. The second-order valence-electron chi connectivity index (χ2n) is 6.21. The molecule has 2 atom stereocenters. The molecule has 0 spiro atoms. The highest BCUT2D eigenvalue weighted by Gasteiger charge is 2.38. The first kappa shape index (κ1) is 14.6. The van der Waals surface area contributed by atoms with Crippen LogP contribution in [0.4, 0.5) is 0 Å². The summed E-state index contributed by atoms with van der Waals surface area (Å²) in [6.07, 6.45) is 2.27. The summed E-state index contributed by atoms with van der Waals surface area (Å²) in [6, 6.07) is 8.22. The Bertz CT molecular complexity index is 679. The molecule has 1 heterocycles. The normalized spacial score (nSPS) is 24.9. The number of aliphatic hydroxyl groups is 1. The van der Waals surface area contributed by atoms with E-state index in [-0.39, 0.29) is 0 Å². The number of hydrogen-bond donors (Lipinski definition) is 1. The van der Waals surface area contributed by atoms with Crippen LogP contribution in [0, 0.1) is 6.92 Å². The molecule has 0 fully saturated rings. The van der Waals surface area contributed by atoms with Gasteiger partial charge in [0.2, 0.25) is 0 Å². The second-order valence-corrected chi connectivity index (χ2v) is 6.57. The van der Waals surface area contributed by atoms with Crippen LogP contribution in [0.15, 0.2) is 24.3 Å². The topological polar surface area (TPSA) is 38.0 Å². The molecule has 4 heteroatoms. The number of hydrogen-bond acceptors (Lipinski definition) is 2. The van der Waals surface area contributed by atoms with Gasteiger partial charge in [-0.05, 0) is 36.8 Å². The van der Waals surface area contributed by atoms with E-state index in [1.54, 1.807) is 4.68 Å². The average Bonchev–Trinajstić information content (AvgIpc) is 2.70. The predicted octanol–water partition coefficient (Wildman–Crippen LogP) is 3.71. The van der Waals surface area contributed by atoms with Crippen molar-refractivity contribution in [3.05, 3.63) is 51.8 Å². The Balaban J connectivity index is 2.04. The van der Waals surface area contributed by atoms with E-state index in [2.05, 4.69) is 18.1 Å². The Morgan fingerprint density at radius 3 is 2.81 bits per heavy atom. The standard InChI is InChI=1S/C17H21ClN2O/c1-11-8-9-17(21,15-7-5-4-6-13(11)15)10-14-12(2)19-20(3)16(14)18/h4-7,11,21H,8-10H2,1-3H3. The molecule has 1 aromatic carbocycles. The lowest BCUT2D eigenvalue weighted by atomic mass is 9.72. The summed E-state index contributed by atoms with van der Waals surface area (Å²) in [5, 5.41) is 16.2. The van der Waals surface area contributed by atoms with Gasteiger partial charge in [-0.1, -0.05) is 42.8 Å². The monoisotopic (exact) mass is 304 g/mol. The summed E-state index contributed by atoms with van der Waals surface area (Å²) in [7, 11) is 1.83. The van der Waals surface area contributed by atoms with Crippen molar-refractivity contribution in [2.45, 2.75) is 44.6 Å². The minimum absolute atomic E-state index is 0.493. The molecule has 0 saturated carbocycles. The van der Waals surface area contributed by atoms with Crippen molar-refractivity contribution in [2.75, 3.05) is 0 Å². The Morgan fingerprint density at radius 1 is 1.43 bits per heavy atom. The molecular weight excluding hydrogens is 284 g/mol. The second kappa shape index (κ2) is 5.15. The number of nitrogens with zero attached hydrogens (tertiary/aromatic N) is 2. The fraction of sp³-hybridized carbons (Fsp3) is 0.471. The maximum absolute atomic E-state index is 11.3. The van der Waals surface area contributed by atoms with Crippen LogP contribution in [0.25, 0.3) is 0 Å². The lowest BCUT2D eigenvalue weighted by Gasteiger charge is -2.37. The van der Waals surface area contributed by atoms with E-state index in [0.29, 0.717) is 17.5 Å². The van der Waals surface area contributed by atoms with Crippen LogP contribution in [0.5, 0.6) is 0 Å². The van der Waals surface area contributed by atoms with E-state index >= 15 is 0 Å². The van der Waals surface area contributed by atoms with Crippen molar-refractivity contribution in [1.29, 1.82) is 0 Å². The van der Waals surface area contributed by atoms with Crippen LogP contribution in [0.2, 0.25) is 5.15 Å². The van der Waals surface area contributed by atoms with E-state index in [1.165, 1.54) is 5.56 Å². The Labute approximate surface area is 130 Å². The molecule has 3 rings (SSSR count). The van der Waals surface area contributed by atoms with E-state index in [0.717, 1.165) is 29.7 Å². The van der Waals surface area contributed by atoms with Gasteiger partial charge in [0.1, 0.15) is 5.15 Å². The van der Waals surface area contributed by atoms with Gasteiger partial charge in [0.05, 0.1) is 11.3 Å². The molecule has 0 saturated heterocycles. The molecule has 1 aromatic heterocycles. The quantitative estimate of drug-likeness (QED) is 0.918. The summed E-state index contributed by atoms with van der Waals surface area (Å²) in [6.45, 7) is 4.17. The van der Waals surface area contributed by atoms with Crippen molar-refractivity contribution in [1.82, 2.24) is 9.78 Å². The van der Waals surface area contributed by atoms with Crippen LogP contribution in [0.1, 0.15) is 48.1 Å². The molecule has 0 amide bonds. The first-order valence-electron chi connectivity index (χ1n) is 7.42. The fourth-order valence-electron chi connectivity index (χ4n) is 3.45. The van der Waals surface area contributed by atoms with Gasteiger partial charge < -0.3 is 5.11 Å². The zero-order valence-corrected chi connectivity index (χ0v) is 13.5. The molecule has 2 aromatic rings. The molecule has 1 aliphatic carbocycles. The van der Waals surface area contributed by atoms with Crippen molar-refractivity contribution < 1.29 is 5.11 Å². The van der Waals surface area contributed by atoms with Crippen LogP contribution < -0.4 is 0 Å². The third kappa shape index (κ3) is 2.39. The van der Waals surface area contributed by atoms with Crippen LogP contribution in [-0.2, 0) is 19.1 Å². The van der Waals surface area contributed by atoms with Crippen LogP contribution >= 0.6 is 11.6 Å². The summed E-state index contributed by atoms with van der Waals surface area (Å²) < 4.78 is 1.67. The SMILES string of the molecule is Cc1nn(C)c(Cl)c1CC1(O)CCC(C)c2ccccc21. The lowest BCUT2D eigenvalue weighted by molar-refractivity contribution is 0.0158. The van der Waals surface area contributed by atoms with Gasteiger partial charge in [0.25, 0.3) is 0 Å². The maximum atomic E-state index is 11.3. The third-order valence-electron chi connectivity index (χ3n) is 4.72.